The molecule has 92 valence electrons. The van der Waals surface area contributed by atoms with Crippen LogP contribution in [0.25, 0.3) is 11.5 Å². The Hall–Kier alpha value is -1.47. The van der Waals surface area contributed by atoms with Gasteiger partial charge in [0, 0.05) is 20.1 Å². The summed E-state index contributed by atoms with van der Waals surface area (Å²) in [4.78, 5) is 4.30. The van der Waals surface area contributed by atoms with Crippen LogP contribution in [0.3, 0.4) is 0 Å². The number of methoxy groups -OCH3 is 1. The topological polar surface area (TPSA) is 87.1 Å². The number of nitrogen functional groups attached to an aromatic ring is 1. The van der Waals surface area contributed by atoms with Crippen LogP contribution in [0.5, 0.6) is 0 Å². The molecule has 6 nitrogen and oxygen atoms in total. The Bertz CT molecular complexity index is 475. The number of nitrogens with zero attached hydrogens (tertiary/aromatic N) is 3. The van der Waals surface area contributed by atoms with Crippen molar-refractivity contribution < 1.29 is 9.26 Å². The molecule has 0 spiro atoms. The zero-order valence-corrected chi connectivity index (χ0v) is 10.6. The van der Waals surface area contributed by atoms with E-state index in [-0.39, 0.29) is 0 Å². The van der Waals surface area contributed by atoms with Crippen LogP contribution in [0.2, 0.25) is 0 Å². The summed E-state index contributed by atoms with van der Waals surface area (Å²) < 4.78 is 14.3. The first-order valence-corrected chi connectivity index (χ1v) is 6.03. The van der Waals surface area contributed by atoms with Gasteiger partial charge in [0.15, 0.2) is 5.82 Å². The van der Waals surface area contributed by atoms with Crippen LogP contribution in [0, 0.1) is 6.92 Å². The highest BCUT2D eigenvalue weighted by molar-refractivity contribution is 7.10. The molecule has 0 aliphatic rings. The second kappa shape index (κ2) is 5.24. The monoisotopic (exact) mass is 254 g/mol. The van der Waals surface area contributed by atoms with Crippen molar-refractivity contribution in [3.05, 3.63) is 11.5 Å². The Morgan fingerprint density at radius 2 is 2.29 bits per heavy atom. The van der Waals surface area contributed by atoms with E-state index >= 15 is 0 Å². The van der Waals surface area contributed by atoms with Crippen LogP contribution in [-0.2, 0) is 11.2 Å². The van der Waals surface area contributed by atoms with Crippen LogP contribution in [-0.4, -0.2) is 28.2 Å². The van der Waals surface area contributed by atoms with Crippen molar-refractivity contribution in [2.24, 2.45) is 0 Å². The fourth-order valence-electron chi connectivity index (χ4n) is 1.48. The maximum absolute atomic E-state index is 5.81. The van der Waals surface area contributed by atoms with Crippen molar-refractivity contribution in [3.63, 3.8) is 0 Å². The molecule has 0 saturated heterocycles. The van der Waals surface area contributed by atoms with E-state index < -0.39 is 0 Å². The zero-order chi connectivity index (χ0) is 12.3. The highest BCUT2D eigenvalue weighted by atomic mass is 32.1. The maximum atomic E-state index is 5.81. The third-order valence-corrected chi connectivity index (χ3v) is 3.09. The minimum absolute atomic E-state index is 0.446. The molecule has 0 aliphatic heterocycles. The predicted octanol–water partition coefficient (Wildman–Crippen LogP) is 1.66. The van der Waals surface area contributed by atoms with Gasteiger partial charge in [0.05, 0.1) is 11.3 Å². The first kappa shape index (κ1) is 12.0. The number of hydrogen-bond acceptors (Lipinski definition) is 7. The summed E-state index contributed by atoms with van der Waals surface area (Å²) in [6.45, 7) is 2.56. The standard InChI is InChI=1S/C10H14N4O2S/c1-6-8(9(11)17-14-6)10-12-7(13-16-10)4-3-5-15-2/h3-5,11H2,1-2H3. The van der Waals surface area contributed by atoms with Crippen LogP contribution in [0.4, 0.5) is 5.00 Å². The largest absolute Gasteiger partial charge is 0.389 e. The molecule has 0 atom stereocenters. The smallest absolute Gasteiger partial charge is 0.262 e. The summed E-state index contributed by atoms with van der Waals surface area (Å²) in [6.07, 6.45) is 1.60. The summed E-state index contributed by atoms with van der Waals surface area (Å²) in [5, 5.41) is 4.51. The van der Waals surface area contributed by atoms with Crippen molar-refractivity contribution in [1.29, 1.82) is 0 Å². The minimum Gasteiger partial charge on any atom is -0.389 e. The Labute approximate surface area is 103 Å². The molecule has 0 aliphatic carbocycles. The normalized spacial score (nSPS) is 10.9. The van der Waals surface area contributed by atoms with Crippen molar-refractivity contribution in [2.75, 3.05) is 19.5 Å². The molecule has 0 radical (unpaired) electrons. The first-order chi connectivity index (χ1) is 8.22. The van der Waals surface area contributed by atoms with E-state index in [0.717, 1.165) is 24.1 Å². The van der Waals surface area contributed by atoms with Gasteiger partial charge in [-0.1, -0.05) is 5.16 Å². The third-order valence-electron chi connectivity index (χ3n) is 2.32. The lowest BCUT2D eigenvalue weighted by molar-refractivity contribution is 0.194. The quantitative estimate of drug-likeness (QED) is 0.816. The van der Waals surface area contributed by atoms with Gasteiger partial charge in [-0.05, 0) is 24.9 Å². The highest BCUT2D eigenvalue weighted by Crippen LogP contribution is 2.30. The lowest BCUT2D eigenvalue weighted by atomic mass is 10.2. The molecule has 2 aromatic heterocycles. The fourth-order valence-corrected chi connectivity index (χ4v) is 2.13. The summed E-state index contributed by atoms with van der Waals surface area (Å²) in [5.74, 6) is 1.11. The summed E-state index contributed by atoms with van der Waals surface area (Å²) in [7, 11) is 1.67. The van der Waals surface area contributed by atoms with Gasteiger partial charge in [0.25, 0.3) is 5.89 Å². The van der Waals surface area contributed by atoms with Crippen LogP contribution in [0.15, 0.2) is 4.52 Å². The van der Waals surface area contributed by atoms with Gasteiger partial charge in [-0.2, -0.15) is 9.36 Å². The third kappa shape index (κ3) is 2.62. The van der Waals surface area contributed by atoms with Crippen molar-refractivity contribution in [2.45, 2.75) is 19.8 Å². The maximum Gasteiger partial charge on any atom is 0.262 e. The van der Waals surface area contributed by atoms with Crippen molar-refractivity contribution >= 4 is 16.5 Å². The van der Waals surface area contributed by atoms with E-state index in [4.69, 9.17) is 15.0 Å². The molecule has 0 fully saturated rings. The van der Waals surface area contributed by atoms with Gasteiger partial charge >= 0.3 is 0 Å². The van der Waals surface area contributed by atoms with Crippen molar-refractivity contribution in [1.82, 2.24) is 14.5 Å². The zero-order valence-electron chi connectivity index (χ0n) is 9.77. The average molecular weight is 254 g/mol. The second-order valence-electron chi connectivity index (χ2n) is 3.62. The molecule has 0 aromatic carbocycles. The predicted molar refractivity (Wildman–Crippen MR) is 64.8 cm³/mol. The fraction of sp³-hybridized carbons (Fsp3) is 0.500. The van der Waals surface area contributed by atoms with Gasteiger partial charge in [-0.15, -0.1) is 0 Å². The molecular weight excluding hydrogens is 240 g/mol. The van der Waals surface area contributed by atoms with Gasteiger partial charge in [0.1, 0.15) is 5.00 Å². The molecule has 0 bridgehead atoms. The van der Waals surface area contributed by atoms with Crippen molar-refractivity contribution in [3.8, 4) is 11.5 Å². The molecule has 2 heterocycles. The highest BCUT2D eigenvalue weighted by Gasteiger charge is 2.17. The molecule has 2 N–H and O–H groups in total. The van der Waals surface area contributed by atoms with E-state index in [2.05, 4.69) is 14.5 Å². The molecule has 7 heteroatoms. The Kier molecular flexibility index (Phi) is 3.70. The van der Waals surface area contributed by atoms with E-state index in [1.54, 1.807) is 7.11 Å². The molecule has 17 heavy (non-hydrogen) atoms. The lowest BCUT2D eigenvalue weighted by Crippen LogP contribution is -1.94. The number of aromatic nitrogens is 3. The van der Waals surface area contributed by atoms with Gasteiger partial charge in [-0.3, -0.25) is 0 Å². The van der Waals surface area contributed by atoms with Crippen LogP contribution >= 0.6 is 11.5 Å². The van der Waals surface area contributed by atoms with E-state index in [0.29, 0.717) is 23.3 Å². The summed E-state index contributed by atoms with van der Waals surface area (Å²) in [5.41, 5.74) is 7.38. The number of ether oxygens (including phenoxy) is 1. The molecule has 0 unspecified atom stereocenters. The Balaban J connectivity index is 2.13. The summed E-state index contributed by atoms with van der Waals surface area (Å²) >= 11 is 1.24. The number of aryl methyl sites for hydroxylation is 2. The van der Waals surface area contributed by atoms with E-state index in [1.807, 2.05) is 6.92 Å². The van der Waals surface area contributed by atoms with E-state index in [1.165, 1.54) is 11.5 Å². The Morgan fingerprint density at radius 3 is 2.94 bits per heavy atom. The molecule has 0 amide bonds. The Morgan fingerprint density at radius 1 is 1.47 bits per heavy atom. The molecule has 2 aromatic rings. The second-order valence-corrected chi connectivity index (χ2v) is 4.42. The molecule has 2 rings (SSSR count). The SMILES string of the molecule is COCCCc1noc(-c2c(C)nsc2N)n1. The van der Waals surface area contributed by atoms with Gasteiger partial charge < -0.3 is 15.0 Å². The lowest BCUT2D eigenvalue weighted by Gasteiger charge is -1.93. The van der Waals surface area contributed by atoms with E-state index in [9.17, 15) is 0 Å². The molecular formula is C10H14N4O2S. The number of hydrogen-bond donors (Lipinski definition) is 1. The number of nitrogens with two attached hydrogens (primary N) is 1. The number of anilines is 1. The van der Waals surface area contributed by atoms with Crippen LogP contribution < -0.4 is 5.73 Å². The number of rotatable bonds is 5. The first-order valence-electron chi connectivity index (χ1n) is 5.26. The van der Waals surface area contributed by atoms with Gasteiger partial charge in [0.2, 0.25) is 0 Å². The minimum atomic E-state index is 0.446. The van der Waals surface area contributed by atoms with Crippen LogP contribution in [0.1, 0.15) is 17.9 Å². The average Bonchev–Trinajstić information content (AvgIpc) is 2.87. The molecule has 0 saturated carbocycles. The summed E-state index contributed by atoms with van der Waals surface area (Å²) in [6, 6.07) is 0. The van der Waals surface area contributed by atoms with Gasteiger partial charge in [-0.25, -0.2) is 0 Å².